The van der Waals surface area contributed by atoms with Crippen molar-refractivity contribution in [2.24, 2.45) is 0 Å². The summed E-state index contributed by atoms with van der Waals surface area (Å²) in [7, 11) is 0. The fourth-order valence-corrected chi connectivity index (χ4v) is 1.63. The molecular formula is C12H15ClO. The molecule has 0 aliphatic carbocycles. The van der Waals surface area contributed by atoms with Crippen LogP contribution in [0.25, 0.3) is 0 Å². The van der Waals surface area contributed by atoms with Gasteiger partial charge < -0.3 is 0 Å². The Hall–Kier alpha value is -0.820. The SMILES string of the molecule is CCc1cc(C(=O)CCCl)ccc1C. The van der Waals surface area contributed by atoms with Gasteiger partial charge in [-0.1, -0.05) is 19.1 Å². The van der Waals surface area contributed by atoms with Crippen molar-refractivity contribution in [2.75, 3.05) is 5.88 Å². The molecule has 0 heterocycles. The molecule has 0 atom stereocenters. The smallest absolute Gasteiger partial charge is 0.164 e. The quantitative estimate of drug-likeness (QED) is 0.550. The second-order valence-electron chi connectivity index (χ2n) is 3.36. The maximum atomic E-state index is 11.5. The molecule has 0 fully saturated rings. The van der Waals surface area contributed by atoms with E-state index in [4.69, 9.17) is 11.6 Å². The van der Waals surface area contributed by atoms with E-state index in [1.165, 1.54) is 11.1 Å². The van der Waals surface area contributed by atoms with E-state index >= 15 is 0 Å². The van der Waals surface area contributed by atoms with Gasteiger partial charge in [0.1, 0.15) is 0 Å². The average molecular weight is 211 g/mol. The lowest BCUT2D eigenvalue weighted by molar-refractivity contribution is 0.0989. The number of carbonyl (C=O) groups excluding carboxylic acids is 1. The van der Waals surface area contributed by atoms with Gasteiger partial charge in [0.25, 0.3) is 0 Å². The van der Waals surface area contributed by atoms with Crippen LogP contribution < -0.4 is 0 Å². The molecule has 0 saturated heterocycles. The summed E-state index contributed by atoms with van der Waals surface area (Å²) in [5.74, 6) is 0.531. The summed E-state index contributed by atoms with van der Waals surface area (Å²) in [5.41, 5.74) is 3.27. The molecule has 0 aromatic heterocycles. The fourth-order valence-electron chi connectivity index (χ4n) is 1.46. The molecule has 0 aliphatic rings. The molecule has 0 N–H and O–H groups in total. The van der Waals surface area contributed by atoms with E-state index in [0.717, 1.165) is 12.0 Å². The highest BCUT2D eigenvalue weighted by Crippen LogP contribution is 2.13. The van der Waals surface area contributed by atoms with Gasteiger partial charge in [-0.2, -0.15) is 0 Å². The monoisotopic (exact) mass is 210 g/mol. The molecule has 0 amide bonds. The Morgan fingerprint density at radius 1 is 1.43 bits per heavy atom. The Labute approximate surface area is 90.1 Å². The molecular weight excluding hydrogens is 196 g/mol. The normalized spacial score (nSPS) is 10.2. The van der Waals surface area contributed by atoms with Crippen LogP contribution in [0.1, 0.15) is 34.8 Å². The molecule has 2 heteroatoms. The Morgan fingerprint density at radius 2 is 2.14 bits per heavy atom. The van der Waals surface area contributed by atoms with Crippen LogP contribution in [-0.2, 0) is 6.42 Å². The summed E-state index contributed by atoms with van der Waals surface area (Å²) < 4.78 is 0. The average Bonchev–Trinajstić information content (AvgIpc) is 2.19. The van der Waals surface area contributed by atoms with Crippen molar-refractivity contribution in [1.82, 2.24) is 0 Å². The zero-order valence-corrected chi connectivity index (χ0v) is 9.40. The first kappa shape index (κ1) is 11.3. The summed E-state index contributed by atoms with van der Waals surface area (Å²) in [5, 5.41) is 0. The Bertz CT molecular complexity index is 331. The lowest BCUT2D eigenvalue weighted by Crippen LogP contribution is -2.01. The first-order valence-electron chi connectivity index (χ1n) is 4.87. The van der Waals surface area contributed by atoms with Crippen molar-refractivity contribution in [1.29, 1.82) is 0 Å². The number of benzene rings is 1. The number of rotatable bonds is 4. The third kappa shape index (κ3) is 2.58. The zero-order valence-electron chi connectivity index (χ0n) is 8.64. The molecule has 1 aromatic rings. The topological polar surface area (TPSA) is 17.1 Å². The largest absolute Gasteiger partial charge is 0.294 e. The first-order chi connectivity index (χ1) is 6.69. The number of alkyl halides is 1. The molecule has 0 aliphatic heterocycles. The van der Waals surface area contributed by atoms with E-state index in [9.17, 15) is 4.79 Å². The van der Waals surface area contributed by atoms with Crippen LogP contribution in [0.5, 0.6) is 0 Å². The van der Waals surface area contributed by atoms with Gasteiger partial charge in [0, 0.05) is 17.9 Å². The van der Waals surface area contributed by atoms with Crippen molar-refractivity contribution >= 4 is 17.4 Å². The number of halogens is 1. The van der Waals surface area contributed by atoms with Crippen LogP contribution in [0.3, 0.4) is 0 Å². The van der Waals surface area contributed by atoms with E-state index < -0.39 is 0 Å². The lowest BCUT2D eigenvalue weighted by Gasteiger charge is -2.05. The van der Waals surface area contributed by atoms with Gasteiger partial charge in [0.2, 0.25) is 0 Å². The van der Waals surface area contributed by atoms with E-state index in [1.54, 1.807) is 0 Å². The maximum absolute atomic E-state index is 11.5. The van der Waals surface area contributed by atoms with Crippen LogP contribution >= 0.6 is 11.6 Å². The van der Waals surface area contributed by atoms with Gasteiger partial charge in [-0.3, -0.25) is 4.79 Å². The summed E-state index contributed by atoms with van der Waals surface area (Å²) >= 11 is 5.53. The highest BCUT2D eigenvalue weighted by molar-refractivity contribution is 6.19. The number of hydrogen-bond acceptors (Lipinski definition) is 1. The molecule has 1 nitrogen and oxygen atoms in total. The highest BCUT2D eigenvalue weighted by Gasteiger charge is 2.06. The molecule has 1 rings (SSSR count). The van der Waals surface area contributed by atoms with Gasteiger partial charge in [-0.25, -0.2) is 0 Å². The second-order valence-corrected chi connectivity index (χ2v) is 3.73. The zero-order chi connectivity index (χ0) is 10.6. The molecule has 0 saturated carbocycles. The minimum Gasteiger partial charge on any atom is -0.294 e. The highest BCUT2D eigenvalue weighted by atomic mass is 35.5. The molecule has 0 bridgehead atoms. The fraction of sp³-hybridized carbons (Fsp3) is 0.417. The number of Topliss-reactive ketones (excluding diaryl/α,β-unsaturated/α-hetero) is 1. The summed E-state index contributed by atoms with van der Waals surface area (Å²) in [6.45, 7) is 4.16. The molecule has 76 valence electrons. The van der Waals surface area contributed by atoms with Crippen molar-refractivity contribution < 1.29 is 4.79 Å². The Balaban J connectivity index is 2.94. The van der Waals surface area contributed by atoms with Gasteiger partial charge in [-0.05, 0) is 30.5 Å². The maximum Gasteiger partial charge on any atom is 0.164 e. The lowest BCUT2D eigenvalue weighted by atomic mass is 10.00. The van der Waals surface area contributed by atoms with Gasteiger partial charge >= 0.3 is 0 Å². The first-order valence-corrected chi connectivity index (χ1v) is 5.41. The van der Waals surface area contributed by atoms with E-state index in [1.807, 2.05) is 18.2 Å². The third-order valence-corrected chi connectivity index (χ3v) is 2.56. The minimum absolute atomic E-state index is 0.134. The molecule has 1 aromatic carbocycles. The van der Waals surface area contributed by atoms with Crippen LogP contribution in [0.15, 0.2) is 18.2 Å². The predicted molar refractivity (Wildman–Crippen MR) is 60.2 cm³/mol. The number of hydrogen-bond donors (Lipinski definition) is 0. The Kier molecular flexibility index (Phi) is 4.15. The minimum atomic E-state index is 0.134. The molecule has 0 unspecified atom stereocenters. The predicted octanol–water partition coefficient (Wildman–Crippen LogP) is 3.37. The van der Waals surface area contributed by atoms with Crippen LogP contribution in [0.4, 0.5) is 0 Å². The molecule has 0 radical (unpaired) electrons. The molecule has 0 spiro atoms. The van der Waals surface area contributed by atoms with Gasteiger partial charge in [-0.15, -0.1) is 11.6 Å². The number of ketones is 1. The Morgan fingerprint density at radius 3 is 2.71 bits per heavy atom. The van der Waals surface area contributed by atoms with Crippen LogP contribution in [-0.4, -0.2) is 11.7 Å². The van der Waals surface area contributed by atoms with E-state index in [0.29, 0.717) is 12.3 Å². The van der Waals surface area contributed by atoms with Crippen molar-refractivity contribution in [3.8, 4) is 0 Å². The van der Waals surface area contributed by atoms with Crippen LogP contribution in [0.2, 0.25) is 0 Å². The van der Waals surface area contributed by atoms with E-state index in [2.05, 4.69) is 13.8 Å². The molecule has 14 heavy (non-hydrogen) atoms. The second kappa shape index (κ2) is 5.16. The summed E-state index contributed by atoms with van der Waals surface area (Å²) in [6, 6.07) is 5.86. The van der Waals surface area contributed by atoms with Gasteiger partial charge in [0.05, 0.1) is 0 Å². The number of carbonyl (C=O) groups is 1. The summed E-state index contributed by atoms with van der Waals surface area (Å²) in [4.78, 5) is 11.5. The van der Waals surface area contributed by atoms with Gasteiger partial charge in [0.15, 0.2) is 5.78 Å². The van der Waals surface area contributed by atoms with E-state index in [-0.39, 0.29) is 5.78 Å². The number of aryl methyl sites for hydroxylation is 2. The third-order valence-electron chi connectivity index (χ3n) is 2.37. The van der Waals surface area contributed by atoms with Crippen molar-refractivity contribution in [2.45, 2.75) is 26.7 Å². The van der Waals surface area contributed by atoms with Crippen molar-refractivity contribution in [3.63, 3.8) is 0 Å². The van der Waals surface area contributed by atoms with Crippen molar-refractivity contribution in [3.05, 3.63) is 34.9 Å². The standard InChI is InChI=1S/C12H15ClO/c1-3-10-8-11(5-4-9(10)2)12(14)6-7-13/h4-5,8H,3,6-7H2,1-2H3. The summed E-state index contributed by atoms with van der Waals surface area (Å²) in [6.07, 6.45) is 1.39. The van der Waals surface area contributed by atoms with Crippen LogP contribution in [0, 0.1) is 6.92 Å².